The lowest BCUT2D eigenvalue weighted by atomic mass is 9.88. The van der Waals surface area contributed by atoms with Crippen LogP contribution in [0, 0.1) is 27.9 Å². The van der Waals surface area contributed by atoms with E-state index in [0.29, 0.717) is 5.69 Å². The molecule has 0 bridgehead atoms. The Morgan fingerprint density at radius 3 is 2.74 bits per heavy atom. The molecule has 1 fully saturated rings. The van der Waals surface area contributed by atoms with Gasteiger partial charge < -0.3 is 10.1 Å². The van der Waals surface area contributed by atoms with E-state index in [-0.39, 0.29) is 31.1 Å². The number of thioether (sulfide) groups is 1. The highest BCUT2D eigenvalue weighted by molar-refractivity contribution is 7.98. The summed E-state index contributed by atoms with van der Waals surface area (Å²) >= 11 is 1.47. The maximum absolute atomic E-state index is 12.0. The second-order valence-corrected chi connectivity index (χ2v) is 7.39. The van der Waals surface area contributed by atoms with E-state index in [1.165, 1.54) is 11.8 Å². The Morgan fingerprint density at radius 1 is 1.37 bits per heavy atom. The number of nitrogens with zero attached hydrogens (tertiary/aromatic N) is 1. The van der Waals surface area contributed by atoms with Crippen LogP contribution in [-0.2, 0) is 19.1 Å². The summed E-state index contributed by atoms with van der Waals surface area (Å²) in [7, 11) is 0. The summed E-state index contributed by atoms with van der Waals surface area (Å²) in [5, 5.41) is 13.5. The lowest BCUT2D eigenvalue weighted by Gasteiger charge is -2.17. The van der Waals surface area contributed by atoms with Gasteiger partial charge in [-0.2, -0.15) is 0 Å². The predicted octanol–water partition coefficient (Wildman–Crippen LogP) is 2.40. The summed E-state index contributed by atoms with van der Waals surface area (Å²) in [5.41, 5.74) is 0.622. The third-order valence-corrected chi connectivity index (χ3v) is 5.47. The van der Waals surface area contributed by atoms with E-state index in [9.17, 15) is 24.5 Å². The van der Waals surface area contributed by atoms with Gasteiger partial charge in [0.25, 0.3) is 5.91 Å². The maximum atomic E-state index is 12.0. The first kappa shape index (κ1) is 20.9. The predicted molar refractivity (Wildman–Crippen MR) is 100 cm³/mol. The molecule has 0 aliphatic heterocycles. The second kappa shape index (κ2) is 9.50. The molecule has 1 N–H and O–H groups in total. The molecule has 0 saturated heterocycles. The van der Waals surface area contributed by atoms with Gasteiger partial charge in [-0.05, 0) is 24.3 Å². The van der Waals surface area contributed by atoms with Crippen LogP contribution >= 0.6 is 11.8 Å². The van der Waals surface area contributed by atoms with Gasteiger partial charge >= 0.3 is 5.97 Å². The van der Waals surface area contributed by atoms with E-state index in [1.54, 1.807) is 19.1 Å². The van der Waals surface area contributed by atoms with Crippen LogP contribution < -0.4 is 5.32 Å². The van der Waals surface area contributed by atoms with Gasteiger partial charge in [-0.3, -0.25) is 24.5 Å². The van der Waals surface area contributed by atoms with Crippen molar-refractivity contribution in [2.75, 3.05) is 24.7 Å². The standard InChI is InChI=1S/C18H22N2O6S/c1-11-7-15(21)12(13(11)9-20(24)25)8-18(23)26-10-17(22)19-14-5-3-4-6-16(14)27-2/h3-6,11-13H,7-10H2,1-2H3,(H,19,22)/t11-,12-,13-/m1/s1. The van der Waals surface area contributed by atoms with Gasteiger partial charge in [0.05, 0.1) is 12.1 Å². The molecule has 1 amide bonds. The molecule has 1 aliphatic carbocycles. The largest absolute Gasteiger partial charge is 0.456 e. The number of hydrogen-bond donors (Lipinski definition) is 1. The fourth-order valence-electron chi connectivity index (χ4n) is 3.32. The van der Waals surface area contributed by atoms with Crippen molar-refractivity contribution >= 4 is 35.1 Å². The van der Waals surface area contributed by atoms with E-state index in [2.05, 4.69) is 5.32 Å². The number of rotatable bonds is 8. The zero-order valence-electron chi connectivity index (χ0n) is 15.2. The summed E-state index contributed by atoms with van der Waals surface area (Å²) < 4.78 is 4.97. The van der Waals surface area contributed by atoms with Crippen molar-refractivity contribution in [3.63, 3.8) is 0 Å². The number of Topliss-reactive ketones (excluding diaryl/α,β-unsaturated/α-hetero) is 1. The van der Waals surface area contributed by atoms with Crippen LogP contribution in [0.15, 0.2) is 29.2 Å². The molecule has 3 atom stereocenters. The number of benzene rings is 1. The third-order valence-electron chi connectivity index (χ3n) is 4.68. The lowest BCUT2D eigenvalue weighted by molar-refractivity contribution is -0.490. The number of hydrogen-bond acceptors (Lipinski definition) is 7. The average Bonchev–Trinajstić information content (AvgIpc) is 2.87. The number of ether oxygens (including phenoxy) is 1. The summed E-state index contributed by atoms with van der Waals surface area (Å²) in [4.78, 5) is 47.3. The normalized spacial score (nSPS) is 21.7. The summed E-state index contributed by atoms with van der Waals surface area (Å²) in [6.07, 6.45) is 1.87. The van der Waals surface area contributed by atoms with Crippen molar-refractivity contribution in [2.24, 2.45) is 17.8 Å². The molecule has 0 unspecified atom stereocenters. The second-order valence-electron chi connectivity index (χ2n) is 6.55. The fourth-order valence-corrected chi connectivity index (χ4v) is 3.87. The van der Waals surface area contributed by atoms with Gasteiger partial charge in [-0.25, -0.2) is 0 Å². The van der Waals surface area contributed by atoms with Crippen LogP contribution in [0.2, 0.25) is 0 Å². The van der Waals surface area contributed by atoms with E-state index >= 15 is 0 Å². The quantitative estimate of drug-likeness (QED) is 0.311. The summed E-state index contributed by atoms with van der Waals surface area (Å²) in [6.45, 7) is 0.947. The first-order valence-corrected chi connectivity index (χ1v) is 9.77. The van der Waals surface area contributed by atoms with Crippen LogP contribution in [-0.4, -0.2) is 42.0 Å². The number of anilines is 1. The molecule has 1 aromatic rings. The smallest absolute Gasteiger partial charge is 0.307 e. The van der Waals surface area contributed by atoms with Crippen molar-refractivity contribution < 1.29 is 24.0 Å². The number of esters is 1. The Bertz CT molecular complexity index is 738. The monoisotopic (exact) mass is 394 g/mol. The van der Waals surface area contributed by atoms with Crippen LogP contribution in [0.25, 0.3) is 0 Å². The Hall–Kier alpha value is -2.42. The highest BCUT2D eigenvalue weighted by atomic mass is 32.2. The minimum absolute atomic E-state index is 0.146. The van der Waals surface area contributed by atoms with Crippen molar-refractivity contribution in [3.05, 3.63) is 34.4 Å². The number of carbonyl (C=O) groups excluding carboxylic acids is 3. The van der Waals surface area contributed by atoms with Gasteiger partial charge in [0.15, 0.2) is 6.61 Å². The van der Waals surface area contributed by atoms with Crippen LogP contribution in [0.4, 0.5) is 5.69 Å². The minimum atomic E-state index is -0.724. The lowest BCUT2D eigenvalue weighted by Crippen LogP contribution is -2.28. The van der Waals surface area contributed by atoms with Crippen LogP contribution in [0.3, 0.4) is 0 Å². The first-order chi connectivity index (χ1) is 12.8. The molecule has 2 rings (SSSR count). The van der Waals surface area contributed by atoms with E-state index in [4.69, 9.17) is 4.74 Å². The first-order valence-electron chi connectivity index (χ1n) is 8.54. The molecule has 8 nitrogen and oxygen atoms in total. The Labute approximate surface area is 161 Å². The topological polar surface area (TPSA) is 116 Å². The minimum Gasteiger partial charge on any atom is -0.456 e. The molecule has 1 aliphatic rings. The van der Waals surface area contributed by atoms with E-state index < -0.39 is 35.2 Å². The van der Waals surface area contributed by atoms with E-state index in [1.807, 2.05) is 18.4 Å². The molecule has 27 heavy (non-hydrogen) atoms. The SMILES string of the molecule is CSc1ccccc1NC(=O)COC(=O)C[C@H]1C(=O)C[C@@H](C)[C@H]1C[N+](=O)[O-]. The van der Waals surface area contributed by atoms with Gasteiger partial charge in [-0.15, -0.1) is 11.8 Å². The molecule has 1 saturated carbocycles. The maximum Gasteiger partial charge on any atom is 0.307 e. The molecule has 0 aromatic heterocycles. The zero-order valence-corrected chi connectivity index (χ0v) is 16.0. The number of nitrogens with one attached hydrogen (secondary N) is 1. The van der Waals surface area contributed by atoms with Crippen molar-refractivity contribution in [3.8, 4) is 0 Å². The highest BCUT2D eigenvalue weighted by Gasteiger charge is 2.44. The molecular formula is C18H22N2O6S. The van der Waals surface area contributed by atoms with Gasteiger partial charge in [0, 0.05) is 28.1 Å². The fraction of sp³-hybridized carbons (Fsp3) is 0.500. The molecule has 0 heterocycles. The number of ketones is 1. The van der Waals surface area contributed by atoms with Gasteiger partial charge in [0.1, 0.15) is 5.78 Å². The van der Waals surface area contributed by atoms with Gasteiger partial charge in [-0.1, -0.05) is 19.1 Å². The Kier molecular flexibility index (Phi) is 7.35. The number of carbonyl (C=O) groups is 3. The molecule has 0 radical (unpaired) electrons. The Morgan fingerprint density at radius 2 is 2.07 bits per heavy atom. The van der Waals surface area contributed by atoms with Crippen molar-refractivity contribution in [1.82, 2.24) is 0 Å². The van der Waals surface area contributed by atoms with Crippen LogP contribution in [0.1, 0.15) is 19.8 Å². The van der Waals surface area contributed by atoms with Gasteiger partial charge in [0.2, 0.25) is 6.54 Å². The molecule has 1 aromatic carbocycles. The average molecular weight is 394 g/mol. The highest BCUT2D eigenvalue weighted by Crippen LogP contribution is 2.36. The summed E-state index contributed by atoms with van der Waals surface area (Å²) in [6, 6.07) is 7.23. The number of amides is 1. The third kappa shape index (κ3) is 5.78. The Balaban J connectivity index is 1.87. The number of para-hydroxylation sites is 1. The zero-order chi connectivity index (χ0) is 20.0. The van der Waals surface area contributed by atoms with E-state index in [0.717, 1.165) is 4.90 Å². The van der Waals surface area contributed by atoms with Crippen molar-refractivity contribution in [1.29, 1.82) is 0 Å². The molecule has 146 valence electrons. The van der Waals surface area contributed by atoms with Crippen molar-refractivity contribution in [2.45, 2.75) is 24.7 Å². The summed E-state index contributed by atoms with van der Waals surface area (Å²) in [5.74, 6) is -2.71. The molecule has 9 heteroatoms. The molecule has 0 spiro atoms. The van der Waals surface area contributed by atoms with Crippen LogP contribution in [0.5, 0.6) is 0 Å². The molecular weight excluding hydrogens is 372 g/mol. The number of nitro groups is 1.